The molecule has 3 rings (SSSR count). The first-order valence-corrected chi connectivity index (χ1v) is 21.6. The van der Waals surface area contributed by atoms with E-state index in [-0.39, 0.29) is 51.4 Å². The molecule has 0 N–H and O–H groups in total. The molecule has 0 bridgehead atoms. The van der Waals surface area contributed by atoms with Crippen LogP contribution in [0.1, 0.15) is 0 Å². The van der Waals surface area contributed by atoms with Crippen LogP contribution in [0.25, 0.3) is 0 Å². The molecular formula is C20H24I3KO6. The first-order valence-electron chi connectivity index (χ1n) is 9.07. The van der Waals surface area contributed by atoms with Gasteiger partial charge in [-0.25, -0.2) is 0 Å². The van der Waals surface area contributed by atoms with Crippen LogP contribution in [-0.4, -0.2) is 52.9 Å². The van der Waals surface area contributed by atoms with Crippen molar-refractivity contribution in [2.24, 2.45) is 0 Å². The first kappa shape index (κ1) is 29.4. The Morgan fingerprint density at radius 3 is 0.967 bits per heavy atom. The van der Waals surface area contributed by atoms with Crippen molar-refractivity contribution in [1.82, 2.24) is 0 Å². The molecule has 30 heavy (non-hydrogen) atoms. The monoisotopic (exact) mass is 780 g/mol. The minimum Gasteiger partial charge on any atom is -0.487 e. The molecule has 10 heteroatoms. The Morgan fingerprint density at radius 2 is 0.733 bits per heavy atom. The Kier molecular flexibility index (Phi) is 19.4. The van der Waals surface area contributed by atoms with Gasteiger partial charge in [0.1, 0.15) is 26.4 Å². The zero-order chi connectivity index (χ0) is 20.6. The maximum atomic E-state index is 5.74. The third-order valence-electron chi connectivity index (χ3n) is 3.64. The molecule has 0 spiro atoms. The van der Waals surface area contributed by atoms with Crippen LogP contribution in [0.4, 0.5) is 0 Å². The number of para-hydroxylation sites is 4. The third kappa shape index (κ3) is 12.6. The smallest absolute Gasteiger partial charge is 0.487 e. The zero-order valence-electron chi connectivity index (χ0n) is 16.9. The second kappa shape index (κ2) is 19.8. The quantitative estimate of drug-likeness (QED) is 0.246. The van der Waals surface area contributed by atoms with Gasteiger partial charge in [0.25, 0.3) is 0 Å². The van der Waals surface area contributed by atoms with Gasteiger partial charge in [0.2, 0.25) is 0 Å². The van der Waals surface area contributed by atoms with E-state index in [2.05, 4.69) is 37.2 Å². The molecular weight excluding hydrogens is 756 g/mol. The van der Waals surface area contributed by atoms with E-state index < -0.39 is 0 Å². The SMILES string of the molecule is I[I-]I.[K+].c1ccc2c(c1)OCCOCCOc1ccccc1OCCOCCO2. The van der Waals surface area contributed by atoms with Gasteiger partial charge in [0.15, 0.2) is 23.0 Å². The Morgan fingerprint density at radius 1 is 0.500 bits per heavy atom. The van der Waals surface area contributed by atoms with Crippen molar-refractivity contribution in [2.75, 3.05) is 52.9 Å². The largest absolute Gasteiger partial charge is 1.00 e. The van der Waals surface area contributed by atoms with Crippen LogP contribution >= 0.6 is 37.2 Å². The van der Waals surface area contributed by atoms with Gasteiger partial charge in [-0.05, 0) is 24.3 Å². The summed E-state index contributed by atoms with van der Waals surface area (Å²) in [6.07, 6.45) is 0. The number of hydrogen-bond acceptors (Lipinski definition) is 6. The van der Waals surface area contributed by atoms with Crippen LogP contribution in [0.2, 0.25) is 0 Å². The molecule has 2 aromatic carbocycles. The molecule has 1 heterocycles. The molecule has 0 amide bonds. The van der Waals surface area contributed by atoms with Crippen LogP contribution in [0.5, 0.6) is 23.0 Å². The topological polar surface area (TPSA) is 55.4 Å². The summed E-state index contributed by atoms with van der Waals surface area (Å²) in [6, 6.07) is 15.2. The van der Waals surface area contributed by atoms with E-state index in [0.29, 0.717) is 89.1 Å². The molecule has 0 unspecified atom stereocenters. The molecule has 0 aliphatic carbocycles. The number of halogens is 3. The van der Waals surface area contributed by atoms with E-state index in [1.807, 2.05) is 48.5 Å². The van der Waals surface area contributed by atoms with Crippen molar-refractivity contribution in [2.45, 2.75) is 0 Å². The van der Waals surface area contributed by atoms with Gasteiger partial charge in [0, 0.05) is 0 Å². The maximum absolute atomic E-state index is 5.74. The van der Waals surface area contributed by atoms with E-state index in [0.717, 1.165) is 0 Å². The second-order valence-electron chi connectivity index (χ2n) is 5.57. The Hall–Kier alpha value is 1.39. The van der Waals surface area contributed by atoms with Gasteiger partial charge in [0.05, 0.1) is 26.4 Å². The summed E-state index contributed by atoms with van der Waals surface area (Å²) in [5, 5.41) is 0. The third-order valence-corrected chi connectivity index (χ3v) is 3.64. The van der Waals surface area contributed by atoms with Crippen molar-refractivity contribution in [3.8, 4) is 23.0 Å². The molecule has 0 radical (unpaired) electrons. The molecule has 0 saturated carbocycles. The Balaban J connectivity index is 0.00000106. The molecule has 0 saturated heterocycles. The first-order chi connectivity index (χ1) is 14.3. The predicted octanol–water partition coefficient (Wildman–Crippen LogP) is -1.27. The number of benzene rings is 2. The molecule has 1 aliphatic rings. The van der Waals surface area contributed by atoms with Crippen LogP contribution in [0.3, 0.4) is 0 Å². The minimum atomic E-state index is 0. The van der Waals surface area contributed by atoms with Crippen LogP contribution in [0, 0.1) is 0 Å². The van der Waals surface area contributed by atoms with E-state index >= 15 is 0 Å². The van der Waals surface area contributed by atoms with Gasteiger partial charge in [-0.15, -0.1) is 0 Å². The van der Waals surface area contributed by atoms with E-state index in [9.17, 15) is 0 Å². The van der Waals surface area contributed by atoms with E-state index in [1.54, 1.807) is 0 Å². The van der Waals surface area contributed by atoms with Crippen molar-refractivity contribution in [1.29, 1.82) is 0 Å². The van der Waals surface area contributed by atoms with Crippen molar-refractivity contribution in [3.63, 3.8) is 0 Å². The summed E-state index contributed by atoms with van der Waals surface area (Å²) in [6.45, 7) is 3.65. The fraction of sp³-hybridized carbons (Fsp3) is 0.400. The molecule has 0 aromatic heterocycles. The summed E-state index contributed by atoms with van der Waals surface area (Å²) in [5.41, 5.74) is 0. The predicted molar refractivity (Wildman–Crippen MR) is 125 cm³/mol. The van der Waals surface area contributed by atoms with Crippen molar-refractivity contribution < 1.29 is 93.1 Å². The summed E-state index contributed by atoms with van der Waals surface area (Å²) in [7, 11) is 0. The molecule has 2 aromatic rings. The van der Waals surface area contributed by atoms with Crippen LogP contribution in [-0.2, 0) is 9.47 Å². The van der Waals surface area contributed by atoms with Crippen molar-refractivity contribution >= 4 is 37.2 Å². The summed E-state index contributed by atoms with van der Waals surface area (Å²) in [5.74, 6) is 2.80. The number of ether oxygens (including phenoxy) is 6. The molecule has 0 atom stereocenters. The fourth-order valence-electron chi connectivity index (χ4n) is 2.42. The van der Waals surface area contributed by atoms with Crippen molar-refractivity contribution in [3.05, 3.63) is 48.5 Å². The van der Waals surface area contributed by atoms with Gasteiger partial charge < -0.3 is 28.4 Å². The normalized spacial score (nSPS) is 15.4. The minimum absolute atomic E-state index is 0. The fourth-order valence-corrected chi connectivity index (χ4v) is 2.42. The average molecular weight is 780 g/mol. The standard InChI is InChI=1S/C20H24O6.I3.K/c1-2-6-18-17(5-1)23-13-9-21-11-15-25-19-7-3-4-8-20(19)26-16-12-22-10-14-24-18;1-3-2;/h1-8H,9-16H2;;/q;-1;+1. The number of hydrogen-bond donors (Lipinski definition) is 0. The Labute approximate surface area is 250 Å². The Bertz CT molecular complexity index is 584. The molecule has 1 aliphatic heterocycles. The number of fused-ring (bicyclic) bond motifs is 2. The van der Waals surface area contributed by atoms with Gasteiger partial charge in [-0.1, -0.05) is 24.3 Å². The maximum Gasteiger partial charge on any atom is 1.00 e. The average Bonchev–Trinajstić information content (AvgIpc) is 2.74. The number of rotatable bonds is 0. The summed E-state index contributed by atoms with van der Waals surface area (Å²) in [4.78, 5) is 0. The van der Waals surface area contributed by atoms with Gasteiger partial charge in [-0.3, -0.25) is 0 Å². The summed E-state index contributed by atoms with van der Waals surface area (Å²) >= 11 is 5.30. The summed E-state index contributed by atoms with van der Waals surface area (Å²) < 4.78 is 34.1. The second-order valence-corrected chi connectivity index (χ2v) is 21.8. The molecule has 162 valence electrons. The van der Waals surface area contributed by atoms with Gasteiger partial charge >= 0.3 is 102 Å². The van der Waals surface area contributed by atoms with Crippen LogP contribution < -0.4 is 83.6 Å². The molecule has 0 fully saturated rings. The van der Waals surface area contributed by atoms with E-state index in [4.69, 9.17) is 28.4 Å². The van der Waals surface area contributed by atoms with Crippen LogP contribution in [0.15, 0.2) is 48.5 Å². The zero-order valence-corrected chi connectivity index (χ0v) is 26.5. The molecule has 6 nitrogen and oxygen atoms in total. The van der Waals surface area contributed by atoms with E-state index in [1.165, 1.54) is 0 Å². The van der Waals surface area contributed by atoms with Gasteiger partial charge in [-0.2, -0.15) is 0 Å².